The van der Waals surface area contributed by atoms with Crippen LogP contribution in [0.5, 0.6) is 11.5 Å². The maximum absolute atomic E-state index is 12.5. The van der Waals surface area contributed by atoms with Crippen LogP contribution in [0.25, 0.3) is 5.52 Å². The first-order valence-corrected chi connectivity index (χ1v) is 7.87. The summed E-state index contributed by atoms with van der Waals surface area (Å²) in [7, 11) is 1.56. The minimum Gasteiger partial charge on any atom is -0.497 e. The Morgan fingerprint density at radius 2 is 2.00 bits per heavy atom. The first-order chi connectivity index (χ1) is 12.9. The standard InChI is InChI=1S/C18H15F3N4O2/c1-26-15-4-2-12(3-5-15)10-27-16-6-14(23-11-18(19,20)21)9-25-17(16)13(7-22)8-24-25/h2-6,8-9,23H,10-11H2,1H3. The Labute approximate surface area is 152 Å². The first kappa shape index (κ1) is 18.4. The van der Waals surface area contributed by atoms with Crippen molar-refractivity contribution in [2.75, 3.05) is 19.0 Å². The van der Waals surface area contributed by atoms with E-state index < -0.39 is 12.7 Å². The fraction of sp³-hybridized carbons (Fsp3) is 0.222. The van der Waals surface area contributed by atoms with Gasteiger partial charge >= 0.3 is 6.18 Å². The number of rotatable bonds is 6. The number of pyridine rings is 1. The van der Waals surface area contributed by atoms with Crippen LogP contribution in [0.3, 0.4) is 0 Å². The summed E-state index contributed by atoms with van der Waals surface area (Å²) in [5.74, 6) is 0.953. The predicted molar refractivity (Wildman–Crippen MR) is 91.8 cm³/mol. The molecule has 3 aromatic rings. The molecule has 1 aromatic carbocycles. The van der Waals surface area contributed by atoms with Gasteiger partial charge in [-0.05, 0) is 17.7 Å². The number of halogens is 3. The first-order valence-electron chi connectivity index (χ1n) is 7.87. The van der Waals surface area contributed by atoms with Crippen molar-refractivity contribution in [3.63, 3.8) is 0 Å². The van der Waals surface area contributed by atoms with Crippen LogP contribution in [0.15, 0.2) is 42.7 Å². The minimum atomic E-state index is -4.36. The zero-order valence-corrected chi connectivity index (χ0v) is 14.2. The summed E-state index contributed by atoms with van der Waals surface area (Å²) < 4.78 is 49.6. The van der Waals surface area contributed by atoms with Gasteiger partial charge in [0.25, 0.3) is 0 Å². The van der Waals surface area contributed by atoms with Crippen molar-refractivity contribution >= 4 is 11.2 Å². The Bertz CT molecular complexity index is 975. The third kappa shape index (κ3) is 4.41. The van der Waals surface area contributed by atoms with Gasteiger partial charge in [-0.25, -0.2) is 4.52 Å². The number of hydrogen-bond donors (Lipinski definition) is 1. The molecule has 0 aliphatic carbocycles. The lowest BCUT2D eigenvalue weighted by Gasteiger charge is -2.13. The van der Waals surface area contributed by atoms with Crippen molar-refractivity contribution in [3.05, 3.63) is 53.9 Å². The Balaban J connectivity index is 1.88. The molecule has 0 atom stereocenters. The van der Waals surface area contributed by atoms with Crippen LogP contribution in [0.4, 0.5) is 18.9 Å². The van der Waals surface area contributed by atoms with E-state index in [2.05, 4.69) is 10.4 Å². The van der Waals surface area contributed by atoms with Gasteiger partial charge in [0.1, 0.15) is 41.8 Å². The number of fused-ring (bicyclic) bond motifs is 1. The molecular weight excluding hydrogens is 361 g/mol. The molecule has 0 bridgehead atoms. The molecule has 0 unspecified atom stereocenters. The van der Waals surface area contributed by atoms with E-state index in [1.807, 2.05) is 18.2 Å². The molecule has 140 valence electrons. The molecule has 2 aromatic heterocycles. The van der Waals surface area contributed by atoms with E-state index in [0.29, 0.717) is 11.3 Å². The van der Waals surface area contributed by atoms with E-state index >= 15 is 0 Å². The van der Waals surface area contributed by atoms with Crippen LogP contribution in [-0.2, 0) is 6.61 Å². The maximum Gasteiger partial charge on any atom is 0.405 e. The van der Waals surface area contributed by atoms with Gasteiger partial charge in [0.05, 0.1) is 25.2 Å². The largest absolute Gasteiger partial charge is 0.497 e. The molecule has 0 spiro atoms. The summed E-state index contributed by atoms with van der Waals surface area (Å²) in [4.78, 5) is 0. The van der Waals surface area contributed by atoms with E-state index in [1.54, 1.807) is 19.2 Å². The highest BCUT2D eigenvalue weighted by Gasteiger charge is 2.27. The van der Waals surface area contributed by atoms with E-state index in [-0.39, 0.29) is 23.6 Å². The molecule has 6 nitrogen and oxygen atoms in total. The minimum absolute atomic E-state index is 0.165. The second kappa shape index (κ2) is 7.45. The fourth-order valence-corrected chi connectivity index (χ4v) is 2.46. The predicted octanol–water partition coefficient (Wildman–Crippen LogP) is 3.77. The zero-order chi connectivity index (χ0) is 19.4. The number of alkyl halides is 3. The highest BCUT2D eigenvalue weighted by atomic mass is 19.4. The Morgan fingerprint density at radius 1 is 1.26 bits per heavy atom. The number of anilines is 1. The van der Waals surface area contributed by atoms with Crippen molar-refractivity contribution in [1.82, 2.24) is 9.61 Å². The van der Waals surface area contributed by atoms with Gasteiger partial charge in [-0.1, -0.05) is 12.1 Å². The highest BCUT2D eigenvalue weighted by Crippen LogP contribution is 2.29. The number of nitrogens with one attached hydrogen (secondary N) is 1. The highest BCUT2D eigenvalue weighted by molar-refractivity contribution is 5.72. The molecular formula is C18H15F3N4O2. The smallest absolute Gasteiger partial charge is 0.405 e. The van der Waals surface area contributed by atoms with Crippen molar-refractivity contribution in [2.24, 2.45) is 0 Å². The van der Waals surface area contributed by atoms with Gasteiger partial charge in [-0.15, -0.1) is 0 Å². The fourth-order valence-electron chi connectivity index (χ4n) is 2.46. The van der Waals surface area contributed by atoms with Crippen molar-refractivity contribution < 1.29 is 22.6 Å². The molecule has 1 N–H and O–H groups in total. The summed E-state index contributed by atoms with van der Waals surface area (Å²) >= 11 is 0. The number of methoxy groups -OCH3 is 1. The van der Waals surface area contributed by atoms with Crippen LogP contribution in [0.1, 0.15) is 11.1 Å². The topological polar surface area (TPSA) is 71.6 Å². The average molecular weight is 376 g/mol. The third-order valence-electron chi connectivity index (χ3n) is 3.74. The molecule has 0 aliphatic rings. The molecule has 27 heavy (non-hydrogen) atoms. The molecule has 2 heterocycles. The second-order valence-corrected chi connectivity index (χ2v) is 5.66. The van der Waals surface area contributed by atoms with E-state index in [4.69, 9.17) is 9.47 Å². The Morgan fingerprint density at radius 3 is 2.63 bits per heavy atom. The summed E-state index contributed by atoms with van der Waals surface area (Å²) in [5, 5.41) is 15.5. The van der Waals surface area contributed by atoms with Gasteiger partial charge < -0.3 is 14.8 Å². The number of nitrogens with zero attached hydrogens (tertiary/aromatic N) is 3. The summed E-state index contributed by atoms with van der Waals surface area (Å²) in [5.41, 5.74) is 1.67. The van der Waals surface area contributed by atoms with Gasteiger partial charge in [0, 0.05) is 6.07 Å². The van der Waals surface area contributed by atoms with Crippen LogP contribution >= 0.6 is 0 Å². The number of ether oxygens (including phenoxy) is 2. The Hall–Kier alpha value is -3.41. The van der Waals surface area contributed by atoms with Gasteiger partial charge in [-0.2, -0.15) is 23.5 Å². The number of hydrogen-bond acceptors (Lipinski definition) is 5. The SMILES string of the molecule is COc1ccc(COc2cc(NCC(F)(F)F)cn3ncc(C#N)c23)cc1. The van der Waals surface area contributed by atoms with E-state index in [1.165, 1.54) is 23.0 Å². The summed E-state index contributed by atoms with van der Waals surface area (Å²) in [6, 6.07) is 10.6. The van der Waals surface area contributed by atoms with E-state index in [0.717, 1.165) is 5.56 Å². The van der Waals surface area contributed by atoms with Gasteiger partial charge in [0.15, 0.2) is 0 Å². The van der Waals surface area contributed by atoms with Crippen LogP contribution < -0.4 is 14.8 Å². The number of benzene rings is 1. The molecule has 0 fully saturated rings. The quantitative estimate of drug-likeness (QED) is 0.709. The lowest BCUT2D eigenvalue weighted by Crippen LogP contribution is -2.21. The summed E-state index contributed by atoms with van der Waals surface area (Å²) in [6.45, 7) is -1.03. The van der Waals surface area contributed by atoms with Gasteiger partial charge in [-0.3, -0.25) is 0 Å². The average Bonchev–Trinajstić information content (AvgIpc) is 3.07. The molecule has 0 saturated heterocycles. The van der Waals surface area contributed by atoms with Crippen LogP contribution in [0.2, 0.25) is 0 Å². The van der Waals surface area contributed by atoms with Crippen molar-refractivity contribution in [2.45, 2.75) is 12.8 Å². The van der Waals surface area contributed by atoms with Crippen molar-refractivity contribution in [1.29, 1.82) is 5.26 Å². The molecule has 3 rings (SSSR count). The molecule has 0 saturated carbocycles. The molecule has 0 radical (unpaired) electrons. The lowest BCUT2D eigenvalue weighted by molar-refractivity contribution is -0.115. The summed E-state index contributed by atoms with van der Waals surface area (Å²) in [6.07, 6.45) is -1.65. The normalized spacial score (nSPS) is 11.2. The van der Waals surface area contributed by atoms with Crippen molar-refractivity contribution in [3.8, 4) is 17.6 Å². The molecule has 0 aliphatic heterocycles. The van der Waals surface area contributed by atoms with E-state index in [9.17, 15) is 18.4 Å². The maximum atomic E-state index is 12.5. The van der Waals surface area contributed by atoms with Gasteiger partial charge in [0.2, 0.25) is 0 Å². The lowest BCUT2D eigenvalue weighted by atomic mass is 10.2. The van der Waals surface area contributed by atoms with Crippen LogP contribution in [-0.4, -0.2) is 29.4 Å². The number of nitriles is 1. The second-order valence-electron chi connectivity index (χ2n) is 5.66. The molecule has 9 heteroatoms. The molecule has 0 amide bonds. The third-order valence-corrected chi connectivity index (χ3v) is 3.74. The zero-order valence-electron chi connectivity index (χ0n) is 14.2. The van der Waals surface area contributed by atoms with Crippen LogP contribution in [0, 0.1) is 11.3 Å². The monoisotopic (exact) mass is 376 g/mol. The Kier molecular flexibility index (Phi) is 5.07. The number of aromatic nitrogens is 2.